The molecule has 0 unspecified atom stereocenters. The van der Waals surface area contributed by atoms with E-state index in [2.05, 4.69) is 10.3 Å². The van der Waals surface area contributed by atoms with E-state index in [1.165, 1.54) is 18.2 Å². The van der Waals surface area contributed by atoms with E-state index in [0.717, 1.165) is 21.4 Å². The molecule has 1 fully saturated rings. The molecule has 2 N–H and O–H groups in total. The number of imide groups is 1. The topological polar surface area (TPSA) is 108 Å². The number of non-ortho nitro benzene ring substituents is 1. The monoisotopic (exact) mass is 364 g/mol. The zero-order valence-electron chi connectivity index (χ0n) is 14.2. The molecule has 8 nitrogen and oxygen atoms in total. The van der Waals surface area contributed by atoms with Crippen molar-refractivity contribution in [2.75, 3.05) is 0 Å². The van der Waals surface area contributed by atoms with Gasteiger partial charge in [-0.3, -0.25) is 19.8 Å². The van der Waals surface area contributed by atoms with Crippen molar-refractivity contribution in [1.29, 1.82) is 0 Å². The van der Waals surface area contributed by atoms with Crippen LogP contribution in [0, 0.1) is 10.1 Å². The Morgan fingerprint density at radius 1 is 1.11 bits per heavy atom. The number of nitrogens with one attached hydrogen (secondary N) is 2. The molecule has 3 amide bonds. The van der Waals surface area contributed by atoms with Gasteiger partial charge in [-0.1, -0.05) is 30.3 Å². The van der Waals surface area contributed by atoms with Crippen molar-refractivity contribution < 1.29 is 14.5 Å². The Hall–Kier alpha value is -3.68. The lowest BCUT2D eigenvalue weighted by molar-refractivity contribution is -0.384. The van der Waals surface area contributed by atoms with Crippen molar-refractivity contribution in [2.45, 2.75) is 19.0 Å². The van der Waals surface area contributed by atoms with Gasteiger partial charge < -0.3 is 10.3 Å². The highest BCUT2D eigenvalue weighted by Crippen LogP contribution is 2.22. The predicted octanol–water partition coefficient (Wildman–Crippen LogP) is 2.74. The van der Waals surface area contributed by atoms with E-state index in [9.17, 15) is 19.7 Å². The maximum Gasteiger partial charge on any atom is 0.325 e. The SMILES string of the molecule is O=C1N[C@@H](Cc2c[nH]c3ccccc23)C(=O)N1Cc1cccc([N+](=O)[O-])c1. The average molecular weight is 364 g/mol. The lowest BCUT2D eigenvalue weighted by atomic mass is 10.0. The minimum absolute atomic E-state index is 0.00324. The van der Waals surface area contributed by atoms with Gasteiger partial charge in [0.25, 0.3) is 11.6 Å². The van der Waals surface area contributed by atoms with Crippen molar-refractivity contribution in [2.24, 2.45) is 0 Å². The van der Waals surface area contributed by atoms with E-state index in [1.54, 1.807) is 6.07 Å². The van der Waals surface area contributed by atoms with Gasteiger partial charge in [-0.25, -0.2) is 4.79 Å². The fraction of sp³-hybridized carbons (Fsp3) is 0.158. The first-order valence-electron chi connectivity index (χ1n) is 8.43. The first kappa shape index (κ1) is 16.8. The summed E-state index contributed by atoms with van der Waals surface area (Å²) in [4.78, 5) is 39.6. The second kappa shape index (κ2) is 6.56. The van der Waals surface area contributed by atoms with Crippen LogP contribution in [0.2, 0.25) is 0 Å². The molecule has 1 aromatic heterocycles. The van der Waals surface area contributed by atoms with Gasteiger partial charge in [-0.05, 0) is 17.2 Å². The normalized spacial score (nSPS) is 16.7. The highest BCUT2D eigenvalue weighted by molar-refractivity contribution is 6.04. The van der Waals surface area contributed by atoms with E-state index in [4.69, 9.17) is 0 Å². The number of urea groups is 1. The smallest absolute Gasteiger partial charge is 0.325 e. The minimum atomic E-state index is -0.657. The third kappa shape index (κ3) is 3.12. The molecule has 1 aliphatic rings. The third-order valence-electron chi connectivity index (χ3n) is 4.67. The van der Waals surface area contributed by atoms with Crippen LogP contribution in [0.3, 0.4) is 0 Å². The lowest BCUT2D eigenvalue weighted by Gasteiger charge is -2.13. The summed E-state index contributed by atoms with van der Waals surface area (Å²) in [5, 5.41) is 14.6. The molecular weight excluding hydrogens is 348 g/mol. The molecule has 8 heteroatoms. The zero-order valence-corrected chi connectivity index (χ0v) is 14.2. The Labute approximate surface area is 153 Å². The maximum absolute atomic E-state index is 12.7. The number of nitro groups is 1. The molecule has 4 rings (SSSR count). The summed E-state index contributed by atoms with van der Waals surface area (Å²) in [6.45, 7) is -0.00324. The average Bonchev–Trinajstić information content (AvgIpc) is 3.19. The molecule has 0 aliphatic carbocycles. The second-order valence-corrected chi connectivity index (χ2v) is 6.42. The molecule has 2 aromatic carbocycles. The minimum Gasteiger partial charge on any atom is -0.361 e. The largest absolute Gasteiger partial charge is 0.361 e. The number of benzene rings is 2. The number of carbonyl (C=O) groups excluding carboxylic acids is 2. The van der Waals surface area contributed by atoms with Crippen LogP contribution in [0.25, 0.3) is 10.9 Å². The number of H-pyrrole nitrogens is 1. The van der Waals surface area contributed by atoms with E-state index in [1.807, 2.05) is 30.5 Å². The quantitative estimate of drug-likeness (QED) is 0.412. The standard InChI is InChI=1S/C19H16N4O4/c24-18-17(9-13-10-20-16-7-2-1-6-15(13)16)21-19(25)22(18)11-12-4-3-5-14(8-12)23(26)27/h1-8,10,17,20H,9,11H2,(H,21,25)/t17-/m0/s1. The Morgan fingerprint density at radius 3 is 2.74 bits per heavy atom. The van der Waals surface area contributed by atoms with Gasteiger partial charge >= 0.3 is 6.03 Å². The van der Waals surface area contributed by atoms with Crippen LogP contribution in [0.15, 0.2) is 54.7 Å². The molecule has 27 heavy (non-hydrogen) atoms. The van der Waals surface area contributed by atoms with Crippen molar-refractivity contribution in [1.82, 2.24) is 15.2 Å². The van der Waals surface area contributed by atoms with Gasteiger partial charge in [0.15, 0.2) is 0 Å². The van der Waals surface area contributed by atoms with Crippen LogP contribution < -0.4 is 5.32 Å². The number of rotatable bonds is 5. The van der Waals surface area contributed by atoms with E-state index in [0.29, 0.717) is 12.0 Å². The number of aromatic nitrogens is 1. The summed E-state index contributed by atoms with van der Waals surface area (Å²) >= 11 is 0. The molecule has 0 spiro atoms. The van der Waals surface area contributed by atoms with Gasteiger partial charge in [0.2, 0.25) is 0 Å². The van der Waals surface area contributed by atoms with Crippen LogP contribution in [-0.2, 0) is 17.8 Å². The van der Waals surface area contributed by atoms with Crippen molar-refractivity contribution in [3.63, 3.8) is 0 Å². The molecule has 136 valence electrons. The van der Waals surface area contributed by atoms with Crippen LogP contribution in [0.4, 0.5) is 10.5 Å². The number of amides is 3. The number of para-hydroxylation sites is 1. The van der Waals surface area contributed by atoms with Gasteiger partial charge in [-0.2, -0.15) is 0 Å². The van der Waals surface area contributed by atoms with Crippen LogP contribution in [0.5, 0.6) is 0 Å². The fourth-order valence-corrected chi connectivity index (χ4v) is 3.34. The van der Waals surface area contributed by atoms with Crippen molar-refractivity contribution in [3.05, 3.63) is 76.0 Å². The molecule has 3 aromatic rings. The van der Waals surface area contributed by atoms with Gasteiger partial charge in [0.1, 0.15) is 6.04 Å². The fourth-order valence-electron chi connectivity index (χ4n) is 3.34. The summed E-state index contributed by atoms with van der Waals surface area (Å²) in [6.07, 6.45) is 2.22. The van der Waals surface area contributed by atoms with E-state index >= 15 is 0 Å². The first-order chi connectivity index (χ1) is 13.0. The molecule has 0 bridgehead atoms. The summed E-state index contributed by atoms with van der Waals surface area (Å²) in [5.41, 5.74) is 2.37. The van der Waals surface area contributed by atoms with Crippen molar-refractivity contribution in [3.8, 4) is 0 Å². The molecule has 1 aliphatic heterocycles. The molecule has 1 saturated heterocycles. The van der Waals surface area contributed by atoms with Crippen LogP contribution >= 0.6 is 0 Å². The molecule has 0 radical (unpaired) electrons. The Balaban J connectivity index is 1.52. The van der Waals surface area contributed by atoms with E-state index in [-0.39, 0.29) is 18.1 Å². The van der Waals surface area contributed by atoms with Gasteiger partial charge in [-0.15, -0.1) is 0 Å². The lowest BCUT2D eigenvalue weighted by Crippen LogP contribution is -2.32. The van der Waals surface area contributed by atoms with Crippen LogP contribution in [-0.4, -0.2) is 32.8 Å². The van der Waals surface area contributed by atoms with Crippen LogP contribution in [0.1, 0.15) is 11.1 Å². The molecular formula is C19H16N4O4. The Bertz CT molecular complexity index is 1060. The predicted molar refractivity (Wildman–Crippen MR) is 98.0 cm³/mol. The molecule has 0 saturated carbocycles. The van der Waals surface area contributed by atoms with Gasteiger partial charge in [0.05, 0.1) is 11.5 Å². The van der Waals surface area contributed by atoms with Gasteiger partial charge in [0, 0.05) is 35.7 Å². The van der Waals surface area contributed by atoms with E-state index < -0.39 is 17.0 Å². The summed E-state index contributed by atoms with van der Waals surface area (Å²) in [5.74, 6) is -0.336. The number of nitrogens with zero attached hydrogens (tertiary/aromatic N) is 2. The number of hydrogen-bond donors (Lipinski definition) is 2. The summed E-state index contributed by atoms with van der Waals surface area (Å²) in [6, 6.07) is 12.5. The number of hydrogen-bond acceptors (Lipinski definition) is 4. The van der Waals surface area contributed by atoms with Crippen molar-refractivity contribution >= 4 is 28.5 Å². The highest BCUT2D eigenvalue weighted by Gasteiger charge is 2.38. The Kier molecular flexibility index (Phi) is 4.08. The third-order valence-corrected chi connectivity index (χ3v) is 4.67. The maximum atomic E-state index is 12.7. The second-order valence-electron chi connectivity index (χ2n) is 6.42. The summed E-state index contributed by atoms with van der Waals surface area (Å²) in [7, 11) is 0. The number of aromatic amines is 1. The number of carbonyl (C=O) groups is 2. The Morgan fingerprint density at radius 2 is 1.93 bits per heavy atom. The highest BCUT2D eigenvalue weighted by atomic mass is 16.6. The number of fused-ring (bicyclic) bond motifs is 1. The summed E-state index contributed by atoms with van der Waals surface area (Å²) < 4.78 is 0. The molecule has 2 heterocycles. The first-order valence-corrected chi connectivity index (χ1v) is 8.43. The zero-order chi connectivity index (χ0) is 19.0. The number of nitro benzene ring substituents is 1. The molecule has 1 atom stereocenters.